The molecule has 1 saturated heterocycles. The van der Waals surface area contributed by atoms with Crippen LogP contribution in [-0.2, 0) is 9.63 Å². The Morgan fingerprint density at radius 1 is 1.13 bits per heavy atom. The molecule has 6 heteroatoms. The van der Waals surface area contributed by atoms with Gasteiger partial charge in [0, 0.05) is 6.54 Å². The average molecular weight is 316 g/mol. The van der Waals surface area contributed by atoms with E-state index in [-0.39, 0.29) is 17.5 Å². The smallest absolute Gasteiger partial charge is 0.330 e. The van der Waals surface area contributed by atoms with E-state index in [1.807, 2.05) is 0 Å². The number of hydroxylamine groups is 2. The Morgan fingerprint density at radius 3 is 2.26 bits per heavy atom. The molecule has 3 rings (SSSR count). The topological polar surface area (TPSA) is 66.9 Å². The zero-order valence-corrected chi connectivity index (χ0v) is 13.2. The normalized spacial score (nSPS) is 19.1. The number of piperidine rings is 1. The standard InChI is InChI=1S/C17H20N2O4/c1-12-6-9-18(10-7-12)11-8-15(20)23-19-16(21)13-4-2-3-5-14(13)17(19)22/h2-5,12H,6-11H2,1H3. The van der Waals surface area contributed by atoms with Gasteiger partial charge in [-0.3, -0.25) is 9.59 Å². The van der Waals surface area contributed by atoms with Crippen LogP contribution in [0.15, 0.2) is 24.3 Å². The maximum Gasteiger partial charge on any atom is 0.334 e. The predicted octanol–water partition coefficient (Wildman–Crippen LogP) is 1.86. The minimum atomic E-state index is -0.578. The lowest BCUT2D eigenvalue weighted by molar-refractivity contribution is -0.168. The molecular weight excluding hydrogens is 296 g/mol. The summed E-state index contributed by atoms with van der Waals surface area (Å²) in [5.74, 6) is -0.980. The number of hydrogen-bond donors (Lipinski definition) is 0. The third-order valence-electron chi connectivity index (χ3n) is 4.46. The van der Waals surface area contributed by atoms with Crippen molar-refractivity contribution in [3.63, 3.8) is 0 Å². The Bertz CT molecular complexity index is 600. The van der Waals surface area contributed by atoms with E-state index < -0.39 is 17.8 Å². The van der Waals surface area contributed by atoms with Crippen molar-refractivity contribution in [1.29, 1.82) is 0 Å². The fraction of sp³-hybridized carbons (Fsp3) is 0.471. The largest absolute Gasteiger partial charge is 0.334 e. The van der Waals surface area contributed by atoms with E-state index >= 15 is 0 Å². The molecule has 23 heavy (non-hydrogen) atoms. The Labute approximate surface area is 135 Å². The van der Waals surface area contributed by atoms with Crippen molar-refractivity contribution in [1.82, 2.24) is 9.96 Å². The highest BCUT2D eigenvalue weighted by atomic mass is 16.7. The molecule has 1 aromatic carbocycles. The third-order valence-corrected chi connectivity index (χ3v) is 4.46. The number of nitrogens with zero attached hydrogens (tertiary/aromatic N) is 2. The quantitative estimate of drug-likeness (QED) is 0.793. The summed E-state index contributed by atoms with van der Waals surface area (Å²) in [6.07, 6.45) is 2.43. The maximum atomic E-state index is 12.1. The average Bonchev–Trinajstić information content (AvgIpc) is 2.80. The lowest BCUT2D eigenvalue weighted by atomic mass is 9.99. The summed E-state index contributed by atoms with van der Waals surface area (Å²) < 4.78 is 0. The van der Waals surface area contributed by atoms with Gasteiger partial charge in [0.15, 0.2) is 0 Å². The summed E-state index contributed by atoms with van der Waals surface area (Å²) in [4.78, 5) is 43.4. The van der Waals surface area contributed by atoms with Gasteiger partial charge in [-0.2, -0.15) is 0 Å². The monoisotopic (exact) mass is 316 g/mol. The van der Waals surface area contributed by atoms with Crippen LogP contribution in [0.4, 0.5) is 0 Å². The molecule has 0 aromatic heterocycles. The van der Waals surface area contributed by atoms with Gasteiger partial charge in [0.05, 0.1) is 17.5 Å². The number of hydrogen-bond acceptors (Lipinski definition) is 5. The van der Waals surface area contributed by atoms with Crippen molar-refractivity contribution in [2.75, 3.05) is 19.6 Å². The van der Waals surface area contributed by atoms with Crippen LogP contribution in [0.2, 0.25) is 0 Å². The van der Waals surface area contributed by atoms with Gasteiger partial charge in [-0.15, -0.1) is 0 Å². The molecule has 0 spiro atoms. The fourth-order valence-corrected chi connectivity index (χ4v) is 2.93. The summed E-state index contributed by atoms with van der Waals surface area (Å²) in [7, 11) is 0. The van der Waals surface area contributed by atoms with Gasteiger partial charge in [-0.05, 0) is 44.0 Å². The number of imide groups is 1. The third kappa shape index (κ3) is 3.27. The number of fused-ring (bicyclic) bond motifs is 1. The van der Waals surface area contributed by atoms with E-state index in [2.05, 4.69) is 11.8 Å². The van der Waals surface area contributed by atoms with Crippen molar-refractivity contribution < 1.29 is 19.2 Å². The van der Waals surface area contributed by atoms with Crippen LogP contribution < -0.4 is 0 Å². The Kier molecular flexibility index (Phi) is 4.43. The van der Waals surface area contributed by atoms with E-state index in [0.29, 0.717) is 11.6 Å². The molecule has 6 nitrogen and oxygen atoms in total. The zero-order chi connectivity index (χ0) is 16.4. The van der Waals surface area contributed by atoms with Gasteiger partial charge in [-0.25, -0.2) is 4.79 Å². The molecule has 2 amide bonds. The minimum Gasteiger partial charge on any atom is -0.330 e. The Hall–Kier alpha value is -2.21. The number of likely N-dealkylation sites (tertiary alicyclic amines) is 1. The first-order valence-corrected chi connectivity index (χ1v) is 7.97. The van der Waals surface area contributed by atoms with E-state index in [0.717, 1.165) is 31.8 Å². The zero-order valence-electron chi connectivity index (χ0n) is 13.2. The van der Waals surface area contributed by atoms with Gasteiger partial charge in [0.25, 0.3) is 11.8 Å². The fourth-order valence-electron chi connectivity index (χ4n) is 2.93. The highest BCUT2D eigenvalue weighted by molar-refractivity contribution is 6.20. The van der Waals surface area contributed by atoms with E-state index in [1.165, 1.54) is 0 Å². The molecule has 0 aliphatic carbocycles. The van der Waals surface area contributed by atoms with Crippen LogP contribution >= 0.6 is 0 Å². The summed E-state index contributed by atoms with van der Waals surface area (Å²) in [5, 5.41) is 0.575. The lowest BCUT2D eigenvalue weighted by Crippen LogP contribution is -2.37. The molecule has 0 radical (unpaired) electrons. The van der Waals surface area contributed by atoms with Crippen LogP contribution in [0.3, 0.4) is 0 Å². The minimum absolute atomic E-state index is 0.168. The number of carbonyl (C=O) groups excluding carboxylic acids is 3. The molecule has 0 N–H and O–H groups in total. The summed E-state index contributed by atoms with van der Waals surface area (Å²) in [6.45, 7) is 4.77. The van der Waals surface area contributed by atoms with E-state index in [4.69, 9.17) is 4.84 Å². The second kappa shape index (κ2) is 6.50. The molecular formula is C17H20N2O4. The second-order valence-electron chi connectivity index (χ2n) is 6.19. The van der Waals surface area contributed by atoms with Crippen LogP contribution in [0, 0.1) is 5.92 Å². The highest BCUT2D eigenvalue weighted by Gasteiger charge is 2.38. The Balaban J connectivity index is 1.53. The van der Waals surface area contributed by atoms with Crippen LogP contribution in [0.1, 0.15) is 46.9 Å². The number of amides is 2. The van der Waals surface area contributed by atoms with Crippen molar-refractivity contribution in [3.05, 3.63) is 35.4 Å². The van der Waals surface area contributed by atoms with Gasteiger partial charge >= 0.3 is 5.97 Å². The van der Waals surface area contributed by atoms with Crippen LogP contribution in [0.5, 0.6) is 0 Å². The molecule has 0 saturated carbocycles. The number of rotatable bonds is 4. The molecule has 2 aliphatic heterocycles. The van der Waals surface area contributed by atoms with Crippen LogP contribution in [-0.4, -0.2) is 47.4 Å². The predicted molar refractivity (Wildman–Crippen MR) is 82.5 cm³/mol. The van der Waals surface area contributed by atoms with Gasteiger partial charge in [-0.1, -0.05) is 24.1 Å². The molecule has 0 atom stereocenters. The van der Waals surface area contributed by atoms with Crippen molar-refractivity contribution in [3.8, 4) is 0 Å². The number of benzene rings is 1. The van der Waals surface area contributed by atoms with Crippen molar-refractivity contribution in [2.45, 2.75) is 26.2 Å². The molecule has 2 aliphatic rings. The van der Waals surface area contributed by atoms with Crippen molar-refractivity contribution in [2.24, 2.45) is 5.92 Å². The Morgan fingerprint density at radius 2 is 1.70 bits per heavy atom. The summed E-state index contributed by atoms with van der Waals surface area (Å²) >= 11 is 0. The van der Waals surface area contributed by atoms with Gasteiger partial charge in [0.1, 0.15) is 0 Å². The van der Waals surface area contributed by atoms with E-state index in [9.17, 15) is 14.4 Å². The van der Waals surface area contributed by atoms with Gasteiger partial charge < -0.3 is 9.74 Å². The summed E-state index contributed by atoms with van der Waals surface area (Å²) in [6, 6.07) is 6.45. The van der Waals surface area contributed by atoms with E-state index in [1.54, 1.807) is 24.3 Å². The molecule has 122 valence electrons. The second-order valence-corrected chi connectivity index (χ2v) is 6.19. The molecule has 2 heterocycles. The SMILES string of the molecule is CC1CCN(CCC(=O)ON2C(=O)c3ccccc3C2=O)CC1. The molecule has 1 aromatic rings. The molecule has 1 fully saturated rings. The summed E-state index contributed by atoms with van der Waals surface area (Å²) in [5.41, 5.74) is 0.547. The van der Waals surface area contributed by atoms with Gasteiger partial charge in [0.2, 0.25) is 0 Å². The first kappa shape index (κ1) is 15.7. The highest BCUT2D eigenvalue weighted by Crippen LogP contribution is 2.23. The van der Waals surface area contributed by atoms with Crippen molar-refractivity contribution >= 4 is 17.8 Å². The molecule has 0 unspecified atom stereocenters. The molecule has 0 bridgehead atoms. The lowest BCUT2D eigenvalue weighted by Gasteiger charge is -2.29. The first-order chi connectivity index (χ1) is 11.1. The van der Waals surface area contributed by atoms with Crippen LogP contribution in [0.25, 0.3) is 0 Å². The first-order valence-electron chi connectivity index (χ1n) is 7.97. The maximum absolute atomic E-state index is 12.1. The number of carbonyl (C=O) groups is 3.